The van der Waals surface area contributed by atoms with Crippen molar-refractivity contribution in [1.29, 1.82) is 0 Å². The van der Waals surface area contributed by atoms with Crippen LogP contribution in [-0.2, 0) is 0 Å². The minimum absolute atomic E-state index is 0.362. The van der Waals surface area contributed by atoms with Gasteiger partial charge in [0.1, 0.15) is 0 Å². The van der Waals surface area contributed by atoms with Crippen LogP contribution in [0.15, 0.2) is 12.7 Å². The Morgan fingerprint density at radius 2 is 1.93 bits per heavy atom. The molecule has 0 aliphatic heterocycles. The van der Waals surface area contributed by atoms with E-state index < -0.39 is 0 Å². The van der Waals surface area contributed by atoms with Crippen LogP contribution in [0.3, 0.4) is 0 Å². The lowest BCUT2D eigenvalue weighted by Crippen LogP contribution is -2.21. The fourth-order valence-electron chi connectivity index (χ4n) is 1.47. The van der Waals surface area contributed by atoms with E-state index in [1.165, 1.54) is 32.4 Å². The molecule has 0 saturated heterocycles. The maximum atomic E-state index is 5.68. The highest BCUT2D eigenvalue weighted by molar-refractivity contribution is 4.67. The molecule has 0 spiro atoms. The first-order valence-corrected chi connectivity index (χ1v) is 5.72. The molecule has 2 heteroatoms. The molecule has 0 radical (unpaired) electrons. The predicted molar refractivity (Wildman–Crippen MR) is 64.4 cm³/mol. The summed E-state index contributed by atoms with van der Waals surface area (Å²) >= 11 is 0. The van der Waals surface area contributed by atoms with E-state index in [0.29, 0.717) is 6.04 Å². The number of unbranched alkanes of at least 4 members (excludes halogenated alkanes) is 2. The molecule has 84 valence electrons. The molecule has 0 aliphatic rings. The molecule has 0 aromatic heterocycles. The topological polar surface area (TPSA) is 29.3 Å². The highest BCUT2D eigenvalue weighted by Gasteiger charge is 1.98. The van der Waals surface area contributed by atoms with Crippen molar-refractivity contribution in [2.45, 2.75) is 45.1 Å². The Morgan fingerprint density at radius 3 is 2.50 bits per heavy atom. The van der Waals surface area contributed by atoms with Crippen LogP contribution in [0.25, 0.3) is 0 Å². The minimum atomic E-state index is 0.362. The van der Waals surface area contributed by atoms with Crippen LogP contribution < -0.4 is 5.73 Å². The van der Waals surface area contributed by atoms with Crippen LogP contribution >= 0.6 is 0 Å². The zero-order chi connectivity index (χ0) is 10.8. The van der Waals surface area contributed by atoms with Crippen LogP contribution in [0.1, 0.15) is 39.0 Å². The molecule has 1 unspecified atom stereocenters. The van der Waals surface area contributed by atoms with Crippen LogP contribution in [-0.4, -0.2) is 31.1 Å². The Bertz CT molecular complexity index is 132. The highest BCUT2D eigenvalue weighted by atomic mass is 15.1. The maximum Gasteiger partial charge on any atom is 0.00104 e. The summed E-state index contributed by atoms with van der Waals surface area (Å²) in [6.45, 7) is 8.18. The van der Waals surface area contributed by atoms with Gasteiger partial charge in [-0.3, -0.25) is 0 Å². The zero-order valence-corrected chi connectivity index (χ0v) is 9.84. The van der Waals surface area contributed by atoms with Gasteiger partial charge in [-0.25, -0.2) is 0 Å². The summed E-state index contributed by atoms with van der Waals surface area (Å²) in [5.41, 5.74) is 5.68. The van der Waals surface area contributed by atoms with Crippen molar-refractivity contribution in [2.24, 2.45) is 5.73 Å². The van der Waals surface area contributed by atoms with Crippen LogP contribution in [0.4, 0.5) is 0 Å². The van der Waals surface area contributed by atoms with Crippen molar-refractivity contribution >= 4 is 0 Å². The lowest BCUT2D eigenvalue weighted by atomic mass is 10.1. The number of nitrogens with two attached hydrogens (primary N) is 1. The molecule has 0 aliphatic carbocycles. The summed E-state index contributed by atoms with van der Waals surface area (Å²) < 4.78 is 0. The Hall–Kier alpha value is -0.340. The minimum Gasteiger partial charge on any atom is -0.328 e. The van der Waals surface area contributed by atoms with Crippen LogP contribution in [0, 0.1) is 0 Å². The van der Waals surface area contributed by atoms with Gasteiger partial charge >= 0.3 is 0 Å². The Labute approximate surface area is 89.2 Å². The maximum absolute atomic E-state index is 5.68. The lowest BCUT2D eigenvalue weighted by Gasteiger charge is -2.16. The summed E-state index contributed by atoms with van der Waals surface area (Å²) in [5.74, 6) is 0. The first kappa shape index (κ1) is 13.7. The molecule has 0 amide bonds. The second-order valence-corrected chi connectivity index (χ2v) is 4.21. The van der Waals surface area contributed by atoms with Gasteiger partial charge in [-0.15, -0.1) is 6.58 Å². The molecule has 0 aromatic rings. The molecule has 0 aromatic carbocycles. The first-order chi connectivity index (χ1) is 6.66. The molecule has 14 heavy (non-hydrogen) atoms. The second-order valence-electron chi connectivity index (χ2n) is 4.21. The van der Waals surface area contributed by atoms with Gasteiger partial charge < -0.3 is 10.6 Å². The van der Waals surface area contributed by atoms with E-state index in [2.05, 4.69) is 25.5 Å². The predicted octanol–water partition coefficient (Wildman–Crippen LogP) is 2.40. The van der Waals surface area contributed by atoms with Gasteiger partial charge in [-0.2, -0.15) is 0 Å². The Kier molecular flexibility index (Phi) is 9.00. The van der Waals surface area contributed by atoms with Crippen molar-refractivity contribution in [1.82, 2.24) is 4.90 Å². The Balaban J connectivity index is 3.17. The standard InChI is InChI=1S/C12H26N2/c1-4-5-7-10-14(3)11-8-6-9-12(2)13/h4,12H,1,5-11,13H2,2-3H3. The van der Waals surface area contributed by atoms with Crippen molar-refractivity contribution in [3.05, 3.63) is 12.7 Å². The first-order valence-electron chi connectivity index (χ1n) is 5.72. The molecule has 1 atom stereocenters. The van der Waals surface area contributed by atoms with Crippen molar-refractivity contribution in [3.63, 3.8) is 0 Å². The average molecular weight is 198 g/mol. The van der Waals surface area contributed by atoms with Gasteiger partial charge in [-0.1, -0.05) is 12.5 Å². The smallest absolute Gasteiger partial charge is 0.00104 e. The third kappa shape index (κ3) is 9.75. The molecule has 2 N–H and O–H groups in total. The molecular formula is C12H26N2. The molecule has 0 saturated carbocycles. The van der Waals surface area contributed by atoms with E-state index >= 15 is 0 Å². The van der Waals surface area contributed by atoms with Gasteiger partial charge in [0.15, 0.2) is 0 Å². The second kappa shape index (κ2) is 9.22. The molecule has 0 bridgehead atoms. The normalized spacial score (nSPS) is 13.1. The number of nitrogens with zero attached hydrogens (tertiary/aromatic N) is 1. The van der Waals surface area contributed by atoms with E-state index in [1.807, 2.05) is 6.08 Å². The summed E-state index contributed by atoms with van der Waals surface area (Å²) in [7, 11) is 2.19. The van der Waals surface area contributed by atoms with E-state index in [4.69, 9.17) is 5.73 Å². The number of allylic oxidation sites excluding steroid dienone is 1. The largest absolute Gasteiger partial charge is 0.328 e. The van der Waals surface area contributed by atoms with Crippen molar-refractivity contribution in [3.8, 4) is 0 Å². The molecule has 2 nitrogen and oxygen atoms in total. The number of hydrogen-bond donors (Lipinski definition) is 1. The molecule has 0 heterocycles. The van der Waals surface area contributed by atoms with E-state index in [9.17, 15) is 0 Å². The van der Waals surface area contributed by atoms with Gasteiger partial charge in [-0.05, 0) is 52.7 Å². The quantitative estimate of drug-likeness (QED) is 0.455. The summed E-state index contributed by atoms with van der Waals surface area (Å²) in [6, 6.07) is 0.362. The van der Waals surface area contributed by atoms with E-state index in [-0.39, 0.29) is 0 Å². The van der Waals surface area contributed by atoms with Crippen LogP contribution in [0.2, 0.25) is 0 Å². The van der Waals surface area contributed by atoms with Crippen molar-refractivity contribution in [2.75, 3.05) is 20.1 Å². The van der Waals surface area contributed by atoms with Gasteiger partial charge in [0.2, 0.25) is 0 Å². The van der Waals surface area contributed by atoms with Gasteiger partial charge in [0.05, 0.1) is 0 Å². The Morgan fingerprint density at radius 1 is 1.29 bits per heavy atom. The number of rotatable bonds is 9. The van der Waals surface area contributed by atoms with Crippen LogP contribution in [0.5, 0.6) is 0 Å². The van der Waals surface area contributed by atoms with Gasteiger partial charge in [0.25, 0.3) is 0 Å². The third-order valence-electron chi connectivity index (χ3n) is 2.40. The molecule has 0 rings (SSSR count). The highest BCUT2D eigenvalue weighted by Crippen LogP contribution is 2.01. The monoisotopic (exact) mass is 198 g/mol. The molecular weight excluding hydrogens is 172 g/mol. The zero-order valence-electron chi connectivity index (χ0n) is 9.84. The molecule has 0 fully saturated rings. The SMILES string of the molecule is C=CCCCN(C)CCCCC(C)N. The van der Waals surface area contributed by atoms with Gasteiger partial charge in [0, 0.05) is 6.04 Å². The fourth-order valence-corrected chi connectivity index (χ4v) is 1.47. The third-order valence-corrected chi connectivity index (χ3v) is 2.40. The fraction of sp³-hybridized carbons (Fsp3) is 0.833. The average Bonchev–Trinajstić information content (AvgIpc) is 2.13. The lowest BCUT2D eigenvalue weighted by molar-refractivity contribution is 0.319. The van der Waals surface area contributed by atoms with E-state index in [1.54, 1.807) is 0 Å². The summed E-state index contributed by atoms with van der Waals surface area (Å²) in [5, 5.41) is 0. The van der Waals surface area contributed by atoms with Crippen molar-refractivity contribution < 1.29 is 0 Å². The summed E-state index contributed by atoms with van der Waals surface area (Å²) in [6.07, 6.45) is 8.03. The summed E-state index contributed by atoms with van der Waals surface area (Å²) in [4.78, 5) is 2.39. The number of hydrogen-bond acceptors (Lipinski definition) is 2. The van der Waals surface area contributed by atoms with E-state index in [0.717, 1.165) is 12.8 Å².